The third-order valence-corrected chi connectivity index (χ3v) is 4.97. The first-order valence-electron chi connectivity index (χ1n) is 8.81. The second-order valence-electron chi connectivity index (χ2n) is 6.87. The Hall–Kier alpha value is -0.870. The summed E-state index contributed by atoms with van der Waals surface area (Å²) in [7, 11) is 0. The summed E-state index contributed by atoms with van der Waals surface area (Å²) in [5, 5.41) is 8.40. The average Bonchev–Trinajstić information content (AvgIpc) is 3.17. The van der Waals surface area contributed by atoms with Crippen LogP contribution in [0.1, 0.15) is 63.6 Å². The van der Waals surface area contributed by atoms with Gasteiger partial charge in [0.15, 0.2) is 0 Å². The van der Waals surface area contributed by atoms with Gasteiger partial charge in [-0.05, 0) is 51.8 Å². The number of nitrogens with zero attached hydrogens (tertiary/aromatic N) is 3. The van der Waals surface area contributed by atoms with Crippen LogP contribution in [-0.4, -0.2) is 40.4 Å². The zero-order valence-corrected chi connectivity index (χ0v) is 13.4. The number of nitrogens with one attached hydrogen (secondary N) is 1. The van der Waals surface area contributed by atoms with E-state index in [1.807, 2.05) is 0 Å². The molecule has 0 bridgehead atoms. The van der Waals surface area contributed by atoms with Crippen LogP contribution in [0.3, 0.4) is 0 Å². The number of hydrogen-bond donors (Lipinski definition) is 1. The van der Waals surface area contributed by atoms with Crippen LogP contribution >= 0.6 is 0 Å². The summed E-state index contributed by atoms with van der Waals surface area (Å²) in [6.45, 7) is 6.92. The molecule has 0 amide bonds. The molecule has 3 rings (SSSR count). The molecule has 0 aromatic carbocycles. The molecule has 1 aromatic rings. The van der Waals surface area contributed by atoms with Crippen molar-refractivity contribution >= 4 is 0 Å². The molecular formula is C17H30N4. The van der Waals surface area contributed by atoms with E-state index in [0.717, 1.165) is 6.54 Å². The topological polar surface area (TPSA) is 33.1 Å². The minimum absolute atomic E-state index is 0.544. The number of rotatable bonds is 6. The summed E-state index contributed by atoms with van der Waals surface area (Å²) >= 11 is 0. The van der Waals surface area contributed by atoms with E-state index in [-0.39, 0.29) is 0 Å². The van der Waals surface area contributed by atoms with Crippen molar-refractivity contribution in [3.63, 3.8) is 0 Å². The largest absolute Gasteiger partial charge is 0.307 e. The summed E-state index contributed by atoms with van der Waals surface area (Å²) < 4.78 is 2.21. The third-order valence-electron chi connectivity index (χ3n) is 4.97. The summed E-state index contributed by atoms with van der Waals surface area (Å²) in [6, 6.07) is 3.38. The number of aromatic nitrogens is 2. The lowest BCUT2D eigenvalue weighted by Crippen LogP contribution is -2.37. The fourth-order valence-electron chi connectivity index (χ4n) is 3.72. The lowest BCUT2D eigenvalue weighted by molar-refractivity contribution is 0.296. The van der Waals surface area contributed by atoms with Crippen LogP contribution in [0, 0.1) is 0 Å². The van der Waals surface area contributed by atoms with E-state index in [9.17, 15) is 0 Å². The lowest BCUT2D eigenvalue weighted by Gasteiger charge is -2.22. The highest BCUT2D eigenvalue weighted by atomic mass is 15.3. The molecule has 1 aliphatic carbocycles. The van der Waals surface area contributed by atoms with Gasteiger partial charge in [-0.25, -0.2) is 0 Å². The molecule has 1 unspecified atom stereocenters. The van der Waals surface area contributed by atoms with Gasteiger partial charge in [-0.3, -0.25) is 4.68 Å². The number of hydrogen-bond acceptors (Lipinski definition) is 3. The van der Waals surface area contributed by atoms with E-state index < -0.39 is 0 Å². The molecule has 1 aromatic heterocycles. The van der Waals surface area contributed by atoms with E-state index >= 15 is 0 Å². The highest BCUT2D eigenvalue weighted by molar-refractivity contribution is 5.00. The Bertz CT molecular complexity index is 416. The van der Waals surface area contributed by atoms with Crippen molar-refractivity contribution in [2.45, 2.75) is 70.5 Å². The van der Waals surface area contributed by atoms with E-state index in [1.54, 1.807) is 0 Å². The van der Waals surface area contributed by atoms with Gasteiger partial charge in [0.2, 0.25) is 0 Å². The predicted molar refractivity (Wildman–Crippen MR) is 86.3 cm³/mol. The van der Waals surface area contributed by atoms with E-state index in [2.05, 4.69) is 34.1 Å². The van der Waals surface area contributed by atoms with E-state index in [1.165, 1.54) is 70.3 Å². The van der Waals surface area contributed by atoms with Crippen LogP contribution in [0.5, 0.6) is 0 Å². The molecule has 2 heterocycles. The molecule has 4 nitrogen and oxygen atoms in total. The van der Waals surface area contributed by atoms with Crippen LogP contribution in [0.4, 0.5) is 0 Å². The number of likely N-dealkylation sites (tertiary alicyclic amines) is 1. The summed E-state index contributed by atoms with van der Waals surface area (Å²) in [5.74, 6) is 0. The Kier molecular flexibility index (Phi) is 5.31. The van der Waals surface area contributed by atoms with Gasteiger partial charge in [0, 0.05) is 25.3 Å². The van der Waals surface area contributed by atoms with Crippen LogP contribution < -0.4 is 5.32 Å². The van der Waals surface area contributed by atoms with Gasteiger partial charge in [0.05, 0.1) is 11.7 Å². The average molecular weight is 290 g/mol. The molecule has 1 saturated carbocycles. The molecule has 0 spiro atoms. The van der Waals surface area contributed by atoms with Gasteiger partial charge < -0.3 is 10.2 Å². The Morgan fingerprint density at radius 3 is 2.71 bits per heavy atom. The van der Waals surface area contributed by atoms with E-state index in [4.69, 9.17) is 5.10 Å². The van der Waals surface area contributed by atoms with Crippen molar-refractivity contribution in [2.24, 2.45) is 0 Å². The standard InChI is InChI=1S/C17H30N4/c1-15(14-20-10-5-6-11-20)18-13-16-9-12-21(19-16)17-7-3-2-4-8-17/h9,12,15,17-18H,2-8,10-11,13-14H2,1H3. The van der Waals surface area contributed by atoms with Gasteiger partial charge in [0.1, 0.15) is 0 Å². The SMILES string of the molecule is CC(CN1CCCC1)NCc1ccn(C2CCCCC2)n1. The highest BCUT2D eigenvalue weighted by Gasteiger charge is 2.17. The van der Waals surface area contributed by atoms with Gasteiger partial charge in [0.25, 0.3) is 0 Å². The van der Waals surface area contributed by atoms with Crippen LogP contribution in [0.25, 0.3) is 0 Å². The third kappa shape index (κ3) is 4.30. The monoisotopic (exact) mass is 290 g/mol. The maximum atomic E-state index is 4.78. The molecule has 1 saturated heterocycles. The highest BCUT2D eigenvalue weighted by Crippen LogP contribution is 2.27. The molecule has 0 radical (unpaired) electrons. The van der Waals surface area contributed by atoms with Crippen molar-refractivity contribution in [2.75, 3.05) is 19.6 Å². The van der Waals surface area contributed by atoms with Gasteiger partial charge in [-0.1, -0.05) is 19.3 Å². The molecular weight excluding hydrogens is 260 g/mol. The molecule has 118 valence electrons. The smallest absolute Gasteiger partial charge is 0.0762 e. The second-order valence-corrected chi connectivity index (χ2v) is 6.87. The Morgan fingerprint density at radius 1 is 1.19 bits per heavy atom. The normalized spacial score (nSPS) is 22.7. The first kappa shape index (κ1) is 15.0. The van der Waals surface area contributed by atoms with Gasteiger partial charge >= 0.3 is 0 Å². The summed E-state index contributed by atoms with van der Waals surface area (Å²) in [4.78, 5) is 2.57. The fraction of sp³-hybridized carbons (Fsp3) is 0.824. The van der Waals surface area contributed by atoms with Crippen LogP contribution in [-0.2, 0) is 6.54 Å². The molecule has 4 heteroatoms. The zero-order valence-electron chi connectivity index (χ0n) is 13.4. The first-order valence-corrected chi connectivity index (χ1v) is 8.81. The summed E-state index contributed by atoms with van der Waals surface area (Å²) in [5.41, 5.74) is 1.19. The fourth-order valence-corrected chi connectivity index (χ4v) is 3.72. The summed E-state index contributed by atoms with van der Waals surface area (Å²) in [6.07, 6.45) is 11.7. The molecule has 2 fully saturated rings. The van der Waals surface area contributed by atoms with Gasteiger partial charge in [-0.15, -0.1) is 0 Å². The van der Waals surface area contributed by atoms with Crippen molar-refractivity contribution in [3.8, 4) is 0 Å². The Labute approximate surface area is 128 Å². The quantitative estimate of drug-likeness (QED) is 0.874. The maximum Gasteiger partial charge on any atom is 0.0762 e. The molecule has 21 heavy (non-hydrogen) atoms. The lowest BCUT2D eigenvalue weighted by atomic mass is 9.96. The minimum atomic E-state index is 0.544. The van der Waals surface area contributed by atoms with Crippen molar-refractivity contribution in [3.05, 3.63) is 18.0 Å². The van der Waals surface area contributed by atoms with Crippen LogP contribution in [0.2, 0.25) is 0 Å². The maximum absolute atomic E-state index is 4.78. The first-order chi connectivity index (χ1) is 10.3. The molecule has 1 N–H and O–H groups in total. The zero-order chi connectivity index (χ0) is 14.5. The van der Waals surface area contributed by atoms with Crippen molar-refractivity contribution in [1.29, 1.82) is 0 Å². The second kappa shape index (κ2) is 7.41. The Morgan fingerprint density at radius 2 is 1.95 bits per heavy atom. The van der Waals surface area contributed by atoms with Crippen molar-refractivity contribution in [1.82, 2.24) is 20.0 Å². The van der Waals surface area contributed by atoms with Crippen LogP contribution in [0.15, 0.2) is 12.3 Å². The Balaban J connectivity index is 1.43. The predicted octanol–water partition coefficient (Wildman–Crippen LogP) is 2.96. The molecule has 1 atom stereocenters. The van der Waals surface area contributed by atoms with E-state index in [0.29, 0.717) is 12.1 Å². The minimum Gasteiger partial charge on any atom is -0.307 e. The molecule has 2 aliphatic rings. The molecule has 1 aliphatic heterocycles. The van der Waals surface area contributed by atoms with Crippen molar-refractivity contribution < 1.29 is 0 Å². The van der Waals surface area contributed by atoms with Gasteiger partial charge in [-0.2, -0.15) is 5.10 Å².